The average Bonchev–Trinajstić information content (AvgIpc) is 2.71. The van der Waals surface area contributed by atoms with Crippen LogP contribution in [0.15, 0.2) is 78.9 Å². The first-order chi connectivity index (χ1) is 13.6. The van der Waals surface area contributed by atoms with Gasteiger partial charge in [-0.2, -0.15) is 0 Å². The summed E-state index contributed by atoms with van der Waals surface area (Å²) >= 11 is 0. The molecule has 28 heavy (non-hydrogen) atoms. The smallest absolute Gasteiger partial charge is 0.269 e. The van der Waals surface area contributed by atoms with Gasteiger partial charge in [0.25, 0.3) is 5.69 Å². The van der Waals surface area contributed by atoms with E-state index < -0.39 is 0 Å². The minimum atomic E-state index is -0.353. The van der Waals surface area contributed by atoms with Gasteiger partial charge in [0, 0.05) is 25.2 Å². The fourth-order valence-electron chi connectivity index (χ4n) is 3.30. The topological polar surface area (TPSA) is 46.4 Å². The van der Waals surface area contributed by atoms with Crippen LogP contribution in [0.1, 0.15) is 28.7 Å². The third-order valence-electron chi connectivity index (χ3n) is 4.86. The lowest BCUT2D eigenvalue weighted by Gasteiger charge is -2.23. The van der Waals surface area contributed by atoms with Crippen molar-refractivity contribution >= 4 is 5.69 Å². The molecule has 0 spiro atoms. The molecule has 0 saturated carbocycles. The van der Waals surface area contributed by atoms with Crippen molar-refractivity contribution in [2.24, 2.45) is 0 Å². The molecule has 0 amide bonds. The Morgan fingerprint density at radius 2 is 1.36 bits per heavy atom. The molecule has 144 valence electrons. The van der Waals surface area contributed by atoms with Crippen LogP contribution in [0.5, 0.6) is 0 Å². The number of hydrogen-bond donors (Lipinski definition) is 0. The quantitative estimate of drug-likeness (QED) is 0.365. The third-order valence-corrected chi connectivity index (χ3v) is 4.86. The summed E-state index contributed by atoms with van der Waals surface area (Å²) in [7, 11) is 0. The molecule has 0 N–H and O–H groups in total. The van der Waals surface area contributed by atoms with E-state index in [0.29, 0.717) is 0 Å². The van der Waals surface area contributed by atoms with Gasteiger partial charge < -0.3 is 0 Å². The van der Waals surface area contributed by atoms with E-state index in [4.69, 9.17) is 0 Å². The Bertz CT molecular complexity index is 875. The number of hydrogen-bond acceptors (Lipinski definition) is 3. The van der Waals surface area contributed by atoms with Crippen molar-refractivity contribution in [3.05, 3.63) is 111 Å². The molecular weight excluding hydrogens is 348 g/mol. The number of nitrogens with zero attached hydrogens (tertiary/aromatic N) is 2. The van der Waals surface area contributed by atoms with Crippen LogP contribution in [0.2, 0.25) is 0 Å². The van der Waals surface area contributed by atoms with E-state index in [0.717, 1.165) is 38.0 Å². The van der Waals surface area contributed by atoms with Crippen LogP contribution < -0.4 is 0 Å². The zero-order chi connectivity index (χ0) is 19.8. The summed E-state index contributed by atoms with van der Waals surface area (Å²) < 4.78 is 0. The summed E-state index contributed by atoms with van der Waals surface area (Å²) in [5.74, 6) is 0. The zero-order valence-corrected chi connectivity index (χ0v) is 16.3. The number of rotatable bonds is 9. The van der Waals surface area contributed by atoms with Gasteiger partial charge in [0.2, 0.25) is 0 Å². The Labute approximate surface area is 166 Å². The highest BCUT2D eigenvalue weighted by Gasteiger charge is 2.10. The molecule has 0 bridgehead atoms. The van der Waals surface area contributed by atoms with E-state index >= 15 is 0 Å². The minimum absolute atomic E-state index is 0.137. The first-order valence-electron chi connectivity index (χ1n) is 9.65. The predicted molar refractivity (Wildman–Crippen MR) is 113 cm³/mol. The van der Waals surface area contributed by atoms with E-state index in [2.05, 4.69) is 60.4 Å². The van der Waals surface area contributed by atoms with Crippen LogP contribution >= 0.6 is 0 Å². The van der Waals surface area contributed by atoms with Crippen molar-refractivity contribution in [2.75, 3.05) is 6.54 Å². The molecule has 3 aromatic carbocycles. The third kappa shape index (κ3) is 6.03. The highest BCUT2D eigenvalue weighted by Crippen LogP contribution is 2.16. The molecular formula is C24H26N2O2. The Morgan fingerprint density at radius 1 is 0.786 bits per heavy atom. The molecule has 0 aliphatic rings. The summed E-state index contributed by atoms with van der Waals surface area (Å²) in [6.07, 6.45) is 2.12. The highest BCUT2D eigenvalue weighted by molar-refractivity contribution is 5.33. The minimum Gasteiger partial charge on any atom is -0.295 e. The second-order valence-electron chi connectivity index (χ2n) is 7.21. The molecule has 0 aliphatic heterocycles. The Balaban J connectivity index is 1.65. The van der Waals surface area contributed by atoms with E-state index in [1.54, 1.807) is 12.1 Å². The van der Waals surface area contributed by atoms with E-state index in [9.17, 15) is 10.1 Å². The Morgan fingerprint density at radius 3 is 1.93 bits per heavy atom. The number of non-ortho nitro benzene ring substituents is 1. The lowest BCUT2D eigenvalue weighted by molar-refractivity contribution is -0.384. The molecule has 0 atom stereocenters. The van der Waals surface area contributed by atoms with Gasteiger partial charge in [-0.1, -0.05) is 72.3 Å². The van der Waals surface area contributed by atoms with Crippen molar-refractivity contribution in [3.63, 3.8) is 0 Å². The number of benzene rings is 3. The molecule has 0 heterocycles. The Hall–Kier alpha value is -2.98. The van der Waals surface area contributed by atoms with Crippen LogP contribution in [-0.4, -0.2) is 16.4 Å². The molecule has 0 fully saturated rings. The van der Waals surface area contributed by atoms with Gasteiger partial charge >= 0.3 is 0 Å². The first-order valence-corrected chi connectivity index (χ1v) is 9.65. The van der Waals surface area contributed by atoms with Crippen LogP contribution in [0.4, 0.5) is 5.69 Å². The Kier molecular flexibility index (Phi) is 6.93. The van der Waals surface area contributed by atoms with Crippen LogP contribution in [-0.2, 0) is 19.5 Å². The zero-order valence-electron chi connectivity index (χ0n) is 16.3. The van der Waals surface area contributed by atoms with Gasteiger partial charge in [-0.15, -0.1) is 0 Å². The molecule has 4 heteroatoms. The fraction of sp³-hybridized carbons (Fsp3) is 0.250. The highest BCUT2D eigenvalue weighted by atomic mass is 16.6. The normalized spacial score (nSPS) is 10.9. The fourth-order valence-corrected chi connectivity index (χ4v) is 3.30. The molecule has 0 saturated heterocycles. The standard InChI is InChI=1S/C24H26N2O2/c1-20-9-11-22(12-10-20)18-25(17-5-8-21-6-3-2-4-7-21)19-23-13-15-24(16-14-23)26(27)28/h2-4,6-7,9-16H,5,8,17-19H2,1H3. The van der Waals surface area contributed by atoms with E-state index in [1.165, 1.54) is 16.7 Å². The van der Waals surface area contributed by atoms with E-state index in [1.807, 2.05) is 18.2 Å². The van der Waals surface area contributed by atoms with Gasteiger partial charge in [-0.25, -0.2) is 0 Å². The van der Waals surface area contributed by atoms with Crippen molar-refractivity contribution in [1.82, 2.24) is 4.90 Å². The molecule has 4 nitrogen and oxygen atoms in total. The average molecular weight is 374 g/mol. The van der Waals surface area contributed by atoms with Crippen LogP contribution in [0.25, 0.3) is 0 Å². The molecule has 0 unspecified atom stereocenters. The van der Waals surface area contributed by atoms with Crippen molar-refractivity contribution in [2.45, 2.75) is 32.9 Å². The summed E-state index contributed by atoms with van der Waals surface area (Å²) in [5, 5.41) is 10.9. The van der Waals surface area contributed by atoms with E-state index in [-0.39, 0.29) is 10.6 Å². The molecule has 0 radical (unpaired) electrons. The lowest BCUT2D eigenvalue weighted by Crippen LogP contribution is -2.24. The summed E-state index contributed by atoms with van der Waals surface area (Å²) in [6, 6.07) is 26.1. The van der Waals surface area contributed by atoms with Gasteiger partial charge in [-0.3, -0.25) is 15.0 Å². The second kappa shape index (κ2) is 9.81. The first kappa shape index (κ1) is 19.8. The molecule has 0 aliphatic carbocycles. The number of nitro benzene ring substituents is 1. The maximum Gasteiger partial charge on any atom is 0.269 e. The van der Waals surface area contributed by atoms with Crippen molar-refractivity contribution in [3.8, 4) is 0 Å². The second-order valence-corrected chi connectivity index (χ2v) is 7.21. The molecule has 0 aromatic heterocycles. The summed E-state index contributed by atoms with van der Waals surface area (Å²) in [4.78, 5) is 12.9. The predicted octanol–water partition coefficient (Wildman–Crippen LogP) is 5.54. The monoisotopic (exact) mass is 374 g/mol. The largest absolute Gasteiger partial charge is 0.295 e. The summed E-state index contributed by atoms with van der Waals surface area (Å²) in [6.45, 7) is 4.71. The lowest BCUT2D eigenvalue weighted by atomic mass is 10.1. The number of nitro groups is 1. The van der Waals surface area contributed by atoms with Crippen LogP contribution in [0, 0.1) is 17.0 Å². The van der Waals surface area contributed by atoms with Crippen molar-refractivity contribution < 1.29 is 4.92 Å². The van der Waals surface area contributed by atoms with Gasteiger partial charge in [0.15, 0.2) is 0 Å². The summed E-state index contributed by atoms with van der Waals surface area (Å²) in [5.41, 5.74) is 5.13. The molecule has 3 rings (SSSR count). The van der Waals surface area contributed by atoms with Gasteiger partial charge in [0.1, 0.15) is 0 Å². The number of aryl methyl sites for hydroxylation is 2. The van der Waals surface area contributed by atoms with Gasteiger partial charge in [-0.05, 0) is 43.0 Å². The SMILES string of the molecule is Cc1ccc(CN(CCCc2ccccc2)Cc2ccc([N+](=O)[O-])cc2)cc1. The van der Waals surface area contributed by atoms with Gasteiger partial charge in [0.05, 0.1) is 4.92 Å². The maximum absolute atomic E-state index is 10.9. The molecule has 3 aromatic rings. The maximum atomic E-state index is 10.9. The van der Waals surface area contributed by atoms with Crippen LogP contribution in [0.3, 0.4) is 0 Å². The van der Waals surface area contributed by atoms with Crippen molar-refractivity contribution in [1.29, 1.82) is 0 Å².